The third-order valence-corrected chi connectivity index (χ3v) is 9.21. The van der Waals surface area contributed by atoms with Crippen LogP contribution in [0.1, 0.15) is 181 Å². The first-order valence-corrected chi connectivity index (χ1v) is 20.4. The summed E-state index contributed by atoms with van der Waals surface area (Å²) in [7, 11) is 0. The van der Waals surface area contributed by atoms with E-state index < -0.39 is 0 Å². The molecule has 0 amide bonds. The van der Waals surface area contributed by atoms with Crippen LogP contribution in [0, 0.1) is 0 Å². The van der Waals surface area contributed by atoms with Crippen LogP contribution in [0.25, 0.3) is 0 Å². The van der Waals surface area contributed by atoms with Gasteiger partial charge in [-0.3, -0.25) is 0 Å². The Labute approximate surface area is 288 Å². The van der Waals surface area contributed by atoms with Crippen LogP contribution in [0.15, 0.2) is 48.6 Å². The van der Waals surface area contributed by atoms with E-state index in [1.54, 1.807) is 0 Å². The second kappa shape index (κ2) is 36.7. The summed E-state index contributed by atoms with van der Waals surface area (Å²) in [4.78, 5) is 2.55. The van der Waals surface area contributed by atoms with Crippen LogP contribution in [-0.4, -0.2) is 50.5 Å². The topological polar surface area (TPSA) is 21.7 Å². The highest BCUT2D eigenvalue weighted by molar-refractivity contribution is 4.93. The minimum Gasteiger partial charge on any atom is -0.379 e. The molecule has 1 saturated heterocycles. The number of hydrogen-bond acceptors (Lipinski definition) is 3. The van der Waals surface area contributed by atoms with Gasteiger partial charge in [-0.1, -0.05) is 140 Å². The van der Waals surface area contributed by atoms with Crippen LogP contribution in [0.3, 0.4) is 0 Å². The fourth-order valence-corrected chi connectivity index (χ4v) is 5.89. The summed E-state index contributed by atoms with van der Waals surface area (Å²) in [6.07, 6.45) is 52.5. The van der Waals surface area contributed by atoms with Crippen LogP contribution in [-0.2, 0) is 9.47 Å². The van der Waals surface area contributed by atoms with Gasteiger partial charge < -0.3 is 14.4 Å². The molecule has 268 valence electrons. The fraction of sp³-hybridized carbons (Fsp3) is 0.814. The lowest BCUT2D eigenvalue weighted by molar-refractivity contribution is -0.0285. The highest BCUT2D eigenvalue weighted by atomic mass is 16.5. The van der Waals surface area contributed by atoms with Crippen LogP contribution in [0.5, 0.6) is 0 Å². The Balaban J connectivity index is 1.95. The van der Waals surface area contributed by atoms with E-state index in [1.807, 2.05) is 0 Å². The first-order valence-electron chi connectivity index (χ1n) is 20.4. The third kappa shape index (κ3) is 31.4. The van der Waals surface area contributed by atoms with E-state index in [9.17, 15) is 0 Å². The van der Waals surface area contributed by atoms with Crippen molar-refractivity contribution in [2.24, 2.45) is 0 Å². The lowest BCUT2D eigenvalue weighted by Crippen LogP contribution is -2.39. The molecule has 3 heteroatoms. The Morgan fingerprint density at radius 1 is 0.500 bits per heavy atom. The first kappa shape index (κ1) is 42.9. The lowest BCUT2D eigenvalue weighted by Gasteiger charge is -2.32. The van der Waals surface area contributed by atoms with E-state index in [1.165, 1.54) is 167 Å². The molecule has 0 aromatic carbocycles. The summed E-state index contributed by atoms with van der Waals surface area (Å²) in [6.45, 7) is 10.8. The van der Waals surface area contributed by atoms with Gasteiger partial charge in [0.2, 0.25) is 0 Å². The van der Waals surface area contributed by atoms with E-state index in [-0.39, 0.29) is 6.10 Å². The molecule has 1 aliphatic rings. The summed E-state index contributed by atoms with van der Waals surface area (Å²) < 4.78 is 12.5. The molecular formula is C43H79NO2. The molecule has 1 unspecified atom stereocenters. The van der Waals surface area contributed by atoms with Gasteiger partial charge in [0.1, 0.15) is 0 Å². The summed E-state index contributed by atoms with van der Waals surface area (Å²) >= 11 is 0. The minimum atomic E-state index is 0.267. The standard InChI is InChI=1S/C43H79NO2/c1-3-5-7-9-11-13-15-17-19-21-23-25-27-29-31-33-40-45-42-43(36-39-44-37-35-38-44)46-41-34-32-30-28-26-24-22-20-18-16-14-12-10-8-6-4-2/h11-14,17-20,43H,3-10,15-16,21-42H2,1-2H3/b13-11-,14-12-,19-17-,20-18-. The zero-order chi connectivity index (χ0) is 32.9. The number of hydrogen-bond donors (Lipinski definition) is 0. The molecule has 0 spiro atoms. The molecule has 0 aromatic rings. The fourth-order valence-electron chi connectivity index (χ4n) is 5.89. The van der Waals surface area contributed by atoms with Crippen molar-refractivity contribution < 1.29 is 9.47 Å². The molecule has 0 aliphatic carbocycles. The van der Waals surface area contributed by atoms with Gasteiger partial charge >= 0.3 is 0 Å². The number of likely N-dealkylation sites (tertiary alicyclic amines) is 1. The number of rotatable bonds is 36. The Kier molecular flexibility index (Phi) is 34.2. The number of allylic oxidation sites excluding steroid dienone is 8. The normalized spacial score (nSPS) is 14.9. The zero-order valence-corrected chi connectivity index (χ0v) is 31.1. The molecule has 1 heterocycles. The molecule has 1 rings (SSSR count). The Morgan fingerprint density at radius 2 is 0.935 bits per heavy atom. The third-order valence-electron chi connectivity index (χ3n) is 9.21. The second-order valence-corrected chi connectivity index (χ2v) is 13.7. The molecule has 0 aromatic heterocycles. The van der Waals surface area contributed by atoms with Gasteiger partial charge in [0.05, 0.1) is 12.7 Å². The van der Waals surface area contributed by atoms with Crippen LogP contribution < -0.4 is 0 Å². The Morgan fingerprint density at radius 3 is 1.39 bits per heavy atom. The van der Waals surface area contributed by atoms with E-state index in [2.05, 4.69) is 67.4 Å². The van der Waals surface area contributed by atoms with Gasteiger partial charge in [0, 0.05) is 19.8 Å². The van der Waals surface area contributed by atoms with Crippen molar-refractivity contribution in [2.75, 3.05) is 39.5 Å². The van der Waals surface area contributed by atoms with Gasteiger partial charge in [-0.15, -0.1) is 0 Å². The van der Waals surface area contributed by atoms with Crippen molar-refractivity contribution in [3.63, 3.8) is 0 Å². The van der Waals surface area contributed by atoms with E-state index in [0.717, 1.165) is 39.1 Å². The molecular weight excluding hydrogens is 562 g/mol. The van der Waals surface area contributed by atoms with Crippen molar-refractivity contribution >= 4 is 0 Å². The van der Waals surface area contributed by atoms with Crippen molar-refractivity contribution in [1.29, 1.82) is 0 Å². The summed E-state index contributed by atoms with van der Waals surface area (Å²) in [6, 6.07) is 0. The summed E-state index contributed by atoms with van der Waals surface area (Å²) in [5, 5.41) is 0. The van der Waals surface area contributed by atoms with E-state index in [0.29, 0.717) is 0 Å². The molecule has 0 bridgehead atoms. The quantitative estimate of drug-likeness (QED) is 0.0502. The second-order valence-electron chi connectivity index (χ2n) is 13.7. The molecule has 0 saturated carbocycles. The molecule has 0 N–H and O–H groups in total. The number of ether oxygens (including phenoxy) is 2. The SMILES string of the molecule is CCCCC/C=C\C/C=C\CCCCCCCCOCC(CCN1CCC1)OCCCCCCCC/C=C\C/C=C\CCCCC. The molecule has 3 nitrogen and oxygen atoms in total. The summed E-state index contributed by atoms with van der Waals surface area (Å²) in [5.74, 6) is 0. The highest BCUT2D eigenvalue weighted by Crippen LogP contribution is 2.13. The Bertz CT molecular complexity index is 708. The first-order chi connectivity index (χ1) is 22.9. The lowest BCUT2D eigenvalue weighted by atomic mass is 10.1. The van der Waals surface area contributed by atoms with Crippen molar-refractivity contribution in [3.05, 3.63) is 48.6 Å². The number of unbranched alkanes of at least 4 members (excludes halogenated alkanes) is 18. The number of nitrogens with zero attached hydrogens (tertiary/aromatic N) is 1. The minimum absolute atomic E-state index is 0.267. The molecule has 1 fully saturated rings. The van der Waals surface area contributed by atoms with Crippen LogP contribution >= 0.6 is 0 Å². The van der Waals surface area contributed by atoms with Crippen LogP contribution in [0.2, 0.25) is 0 Å². The molecule has 0 radical (unpaired) electrons. The van der Waals surface area contributed by atoms with E-state index >= 15 is 0 Å². The van der Waals surface area contributed by atoms with Gasteiger partial charge in [-0.05, 0) is 103 Å². The largest absolute Gasteiger partial charge is 0.379 e. The van der Waals surface area contributed by atoms with Gasteiger partial charge in [-0.2, -0.15) is 0 Å². The predicted molar refractivity (Wildman–Crippen MR) is 205 cm³/mol. The van der Waals surface area contributed by atoms with E-state index in [4.69, 9.17) is 9.47 Å². The van der Waals surface area contributed by atoms with Crippen molar-refractivity contribution in [3.8, 4) is 0 Å². The average molecular weight is 642 g/mol. The van der Waals surface area contributed by atoms with Gasteiger partial charge in [0.25, 0.3) is 0 Å². The smallest absolute Gasteiger partial charge is 0.0820 e. The molecule has 1 aliphatic heterocycles. The maximum absolute atomic E-state index is 6.34. The van der Waals surface area contributed by atoms with Gasteiger partial charge in [0.15, 0.2) is 0 Å². The zero-order valence-electron chi connectivity index (χ0n) is 31.1. The monoisotopic (exact) mass is 642 g/mol. The van der Waals surface area contributed by atoms with Crippen LogP contribution in [0.4, 0.5) is 0 Å². The van der Waals surface area contributed by atoms with Crippen molar-refractivity contribution in [1.82, 2.24) is 4.90 Å². The maximum atomic E-state index is 6.34. The maximum Gasteiger partial charge on any atom is 0.0820 e. The molecule has 46 heavy (non-hydrogen) atoms. The Hall–Kier alpha value is -1.16. The van der Waals surface area contributed by atoms with Crippen molar-refractivity contribution in [2.45, 2.75) is 187 Å². The van der Waals surface area contributed by atoms with Gasteiger partial charge in [-0.25, -0.2) is 0 Å². The summed E-state index contributed by atoms with van der Waals surface area (Å²) in [5.41, 5.74) is 0. The predicted octanol–water partition coefficient (Wildman–Crippen LogP) is 13.1. The average Bonchev–Trinajstić information content (AvgIpc) is 3.04. The molecule has 1 atom stereocenters. The highest BCUT2D eigenvalue weighted by Gasteiger charge is 2.17.